The number of anilines is 2. The number of halogens is 3. The van der Waals surface area contributed by atoms with Gasteiger partial charge in [0.2, 0.25) is 0 Å². The van der Waals surface area contributed by atoms with Crippen molar-refractivity contribution in [1.82, 2.24) is 0 Å². The molecule has 1 unspecified atom stereocenters. The molecule has 1 aromatic rings. The summed E-state index contributed by atoms with van der Waals surface area (Å²) in [5.41, 5.74) is 7.08. The first kappa shape index (κ1) is 12.7. The van der Waals surface area contributed by atoms with Crippen LogP contribution in [0.15, 0.2) is 18.2 Å². The fourth-order valence-electron chi connectivity index (χ4n) is 2.22. The fourth-order valence-corrected chi connectivity index (χ4v) is 2.22. The second kappa shape index (κ2) is 4.19. The van der Waals surface area contributed by atoms with Gasteiger partial charge < -0.3 is 10.6 Å². The maximum Gasteiger partial charge on any atom is 0.471 e. The number of aryl methyl sites for hydroxylation is 1. The molecule has 1 aliphatic heterocycles. The molecule has 1 atom stereocenters. The molecule has 0 aliphatic carbocycles. The first-order valence-electron chi connectivity index (χ1n) is 5.59. The van der Waals surface area contributed by atoms with E-state index in [4.69, 9.17) is 5.73 Å². The Kier molecular flexibility index (Phi) is 2.96. The SMILES string of the molecule is CC1CCc2cc(N)ccc2N1C(=O)C(F)(F)F. The molecule has 0 aromatic heterocycles. The van der Waals surface area contributed by atoms with Crippen LogP contribution in [0.5, 0.6) is 0 Å². The van der Waals surface area contributed by atoms with Gasteiger partial charge in [-0.25, -0.2) is 0 Å². The molecule has 0 spiro atoms. The number of nitrogen functional groups attached to an aromatic ring is 1. The highest BCUT2D eigenvalue weighted by molar-refractivity contribution is 5.99. The highest BCUT2D eigenvalue weighted by Gasteiger charge is 2.45. The van der Waals surface area contributed by atoms with E-state index in [1.807, 2.05) is 0 Å². The lowest BCUT2D eigenvalue weighted by Gasteiger charge is -2.35. The van der Waals surface area contributed by atoms with Crippen LogP contribution < -0.4 is 10.6 Å². The number of hydrogen-bond acceptors (Lipinski definition) is 2. The molecule has 18 heavy (non-hydrogen) atoms. The standard InChI is InChI=1S/C12H13F3N2O/c1-7-2-3-8-6-9(16)4-5-10(8)17(7)11(18)12(13,14)15/h4-7H,2-3,16H2,1H3. The van der Waals surface area contributed by atoms with Crippen molar-refractivity contribution in [3.63, 3.8) is 0 Å². The van der Waals surface area contributed by atoms with E-state index in [0.29, 0.717) is 29.8 Å². The molecule has 0 bridgehead atoms. The van der Waals surface area contributed by atoms with Gasteiger partial charge in [-0.3, -0.25) is 4.79 Å². The average molecular weight is 258 g/mol. The van der Waals surface area contributed by atoms with E-state index in [2.05, 4.69) is 0 Å². The van der Waals surface area contributed by atoms with Crippen molar-refractivity contribution in [3.05, 3.63) is 23.8 Å². The summed E-state index contributed by atoms with van der Waals surface area (Å²) in [5, 5.41) is 0. The Morgan fingerprint density at radius 2 is 2.11 bits per heavy atom. The Hall–Kier alpha value is -1.72. The van der Waals surface area contributed by atoms with Gasteiger partial charge >= 0.3 is 12.1 Å². The minimum atomic E-state index is -4.86. The molecule has 98 valence electrons. The predicted molar refractivity (Wildman–Crippen MR) is 62.2 cm³/mol. The van der Waals surface area contributed by atoms with Crippen molar-refractivity contribution in [3.8, 4) is 0 Å². The van der Waals surface area contributed by atoms with Crippen molar-refractivity contribution in [2.45, 2.75) is 32.0 Å². The lowest BCUT2D eigenvalue weighted by atomic mass is 9.96. The summed E-state index contributed by atoms with van der Waals surface area (Å²) in [7, 11) is 0. The molecule has 6 heteroatoms. The van der Waals surface area contributed by atoms with E-state index in [-0.39, 0.29) is 0 Å². The molecule has 1 aromatic carbocycles. The monoisotopic (exact) mass is 258 g/mol. The van der Waals surface area contributed by atoms with Crippen LogP contribution in [-0.2, 0) is 11.2 Å². The summed E-state index contributed by atoms with van der Waals surface area (Å²) < 4.78 is 37.7. The fraction of sp³-hybridized carbons (Fsp3) is 0.417. The number of carbonyl (C=O) groups is 1. The van der Waals surface area contributed by atoms with E-state index in [9.17, 15) is 18.0 Å². The second-order valence-electron chi connectivity index (χ2n) is 4.45. The molecule has 2 rings (SSSR count). The lowest BCUT2D eigenvalue weighted by molar-refractivity contribution is -0.171. The van der Waals surface area contributed by atoms with Gasteiger partial charge in [-0.05, 0) is 43.5 Å². The maximum absolute atomic E-state index is 12.6. The quantitative estimate of drug-likeness (QED) is 0.727. The van der Waals surface area contributed by atoms with Crippen LogP contribution in [0, 0.1) is 0 Å². The zero-order valence-corrected chi connectivity index (χ0v) is 9.79. The molecule has 1 amide bonds. The number of fused-ring (bicyclic) bond motifs is 1. The summed E-state index contributed by atoms with van der Waals surface area (Å²) in [6.45, 7) is 1.61. The van der Waals surface area contributed by atoms with Gasteiger partial charge in [-0.1, -0.05) is 0 Å². The zero-order valence-electron chi connectivity index (χ0n) is 9.79. The molecular formula is C12H13F3N2O. The topological polar surface area (TPSA) is 46.3 Å². The maximum atomic E-state index is 12.6. The highest BCUT2D eigenvalue weighted by atomic mass is 19.4. The smallest absolute Gasteiger partial charge is 0.399 e. The summed E-state index contributed by atoms with van der Waals surface area (Å²) in [5.74, 6) is -1.82. The lowest BCUT2D eigenvalue weighted by Crippen LogP contribution is -2.48. The summed E-state index contributed by atoms with van der Waals surface area (Å²) >= 11 is 0. The number of nitrogens with two attached hydrogens (primary N) is 1. The third kappa shape index (κ3) is 2.14. The molecule has 3 nitrogen and oxygen atoms in total. The first-order chi connectivity index (χ1) is 8.30. The van der Waals surface area contributed by atoms with Crippen LogP contribution >= 0.6 is 0 Å². The Balaban J connectivity index is 2.46. The van der Waals surface area contributed by atoms with Crippen LogP contribution in [0.1, 0.15) is 18.9 Å². The van der Waals surface area contributed by atoms with E-state index < -0.39 is 18.1 Å². The Bertz CT molecular complexity index is 485. The predicted octanol–water partition coefficient (Wildman–Crippen LogP) is 2.50. The molecule has 1 aliphatic rings. The number of rotatable bonds is 0. The number of alkyl halides is 3. The van der Waals surface area contributed by atoms with Crippen LogP contribution in [0.3, 0.4) is 0 Å². The molecular weight excluding hydrogens is 245 g/mol. The van der Waals surface area contributed by atoms with Gasteiger partial charge in [0.05, 0.1) is 0 Å². The van der Waals surface area contributed by atoms with Gasteiger partial charge in [-0.2, -0.15) is 13.2 Å². The van der Waals surface area contributed by atoms with Gasteiger partial charge in [0.1, 0.15) is 0 Å². The van der Waals surface area contributed by atoms with Crippen LogP contribution in [0.2, 0.25) is 0 Å². The molecule has 0 radical (unpaired) electrons. The number of benzene rings is 1. The van der Waals surface area contributed by atoms with Crippen molar-refractivity contribution < 1.29 is 18.0 Å². The summed E-state index contributed by atoms with van der Waals surface area (Å²) in [4.78, 5) is 12.3. The molecule has 0 fully saturated rings. The second-order valence-corrected chi connectivity index (χ2v) is 4.45. The summed E-state index contributed by atoms with van der Waals surface area (Å²) in [6, 6.07) is 4.14. The molecule has 2 N–H and O–H groups in total. The third-order valence-electron chi connectivity index (χ3n) is 3.10. The van der Waals surface area contributed by atoms with Gasteiger partial charge in [-0.15, -0.1) is 0 Å². The average Bonchev–Trinajstić information content (AvgIpc) is 2.27. The largest absolute Gasteiger partial charge is 0.471 e. The minimum Gasteiger partial charge on any atom is -0.399 e. The van der Waals surface area contributed by atoms with Crippen LogP contribution in [0.4, 0.5) is 24.5 Å². The van der Waals surface area contributed by atoms with Crippen molar-refractivity contribution in [2.24, 2.45) is 0 Å². The van der Waals surface area contributed by atoms with Crippen molar-refractivity contribution in [2.75, 3.05) is 10.6 Å². The van der Waals surface area contributed by atoms with E-state index >= 15 is 0 Å². The van der Waals surface area contributed by atoms with Crippen LogP contribution in [-0.4, -0.2) is 18.1 Å². The van der Waals surface area contributed by atoms with Gasteiger partial charge in [0, 0.05) is 17.4 Å². The Labute approximate surface area is 102 Å². The van der Waals surface area contributed by atoms with Gasteiger partial charge in [0.15, 0.2) is 0 Å². The zero-order chi connectivity index (χ0) is 13.5. The molecule has 0 saturated carbocycles. The molecule has 1 heterocycles. The van der Waals surface area contributed by atoms with E-state index in [1.54, 1.807) is 13.0 Å². The van der Waals surface area contributed by atoms with Crippen molar-refractivity contribution >= 4 is 17.3 Å². The van der Waals surface area contributed by atoms with Gasteiger partial charge in [0.25, 0.3) is 0 Å². The third-order valence-corrected chi connectivity index (χ3v) is 3.10. The highest BCUT2D eigenvalue weighted by Crippen LogP contribution is 2.35. The normalized spacial score (nSPS) is 19.6. The minimum absolute atomic E-state index is 0.310. The number of amides is 1. The van der Waals surface area contributed by atoms with Crippen molar-refractivity contribution in [1.29, 1.82) is 0 Å². The summed E-state index contributed by atoms with van der Waals surface area (Å²) in [6.07, 6.45) is -3.73. The van der Waals surface area contributed by atoms with E-state index in [0.717, 1.165) is 4.90 Å². The Morgan fingerprint density at radius 1 is 1.44 bits per heavy atom. The number of carbonyl (C=O) groups excluding carboxylic acids is 1. The number of hydrogen-bond donors (Lipinski definition) is 1. The molecule has 0 saturated heterocycles. The van der Waals surface area contributed by atoms with E-state index in [1.165, 1.54) is 12.1 Å². The Morgan fingerprint density at radius 3 is 2.72 bits per heavy atom. The number of nitrogens with zero attached hydrogens (tertiary/aromatic N) is 1. The van der Waals surface area contributed by atoms with Crippen LogP contribution in [0.25, 0.3) is 0 Å². The first-order valence-corrected chi connectivity index (χ1v) is 5.59.